The van der Waals surface area contributed by atoms with Gasteiger partial charge in [0.25, 0.3) is 0 Å². The molecule has 0 aromatic carbocycles. The van der Waals surface area contributed by atoms with Gasteiger partial charge < -0.3 is 20.5 Å². The maximum Gasteiger partial charge on any atom is 0.408 e. The topological polar surface area (TPSA) is 87.7 Å². The highest BCUT2D eigenvalue weighted by atomic mass is 16.6. The summed E-state index contributed by atoms with van der Waals surface area (Å²) >= 11 is 0. The van der Waals surface area contributed by atoms with Gasteiger partial charge in [-0.2, -0.15) is 0 Å². The number of carboxylic acid groups (broad SMARTS) is 1. The van der Waals surface area contributed by atoms with Crippen LogP contribution in [0.3, 0.4) is 0 Å². The highest BCUT2D eigenvalue weighted by molar-refractivity contribution is 5.79. The van der Waals surface area contributed by atoms with Gasteiger partial charge >= 0.3 is 12.1 Å². The molecule has 0 heterocycles. The average Bonchev–Trinajstić information content (AvgIpc) is 2.23. The molecule has 3 N–H and O–H groups in total. The van der Waals surface area contributed by atoms with E-state index < -0.39 is 23.7 Å². The number of amides is 1. The molecule has 20 heavy (non-hydrogen) atoms. The quantitative estimate of drug-likeness (QED) is 0.596. The summed E-state index contributed by atoms with van der Waals surface area (Å²) in [4.78, 5) is 22.6. The van der Waals surface area contributed by atoms with E-state index in [1.165, 1.54) is 0 Å². The zero-order valence-electron chi connectivity index (χ0n) is 13.2. The molecule has 0 saturated heterocycles. The van der Waals surface area contributed by atoms with Crippen molar-refractivity contribution in [2.75, 3.05) is 6.54 Å². The summed E-state index contributed by atoms with van der Waals surface area (Å²) in [5.74, 6) is -1.03. The smallest absolute Gasteiger partial charge is 0.408 e. The Bertz CT molecular complexity index is 311. The molecule has 0 radical (unpaired) electrons. The fraction of sp³-hybridized carbons (Fsp3) is 0.857. The molecule has 0 aromatic rings. The Labute approximate surface area is 121 Å². The lowest BCUT2D eigenvalue weighted by molar-refractivity contribution is -0.139. The van der Waals surface area contributed by atoms with Gasteiger partial charge in [-0.25, -0.2) is 9.59 Å². The summed E-state index contributed by atoms with van der Waals surface area (Å²) in [6.07, 6.45) is 1.31. The predicted molar refractivity (Wildman–Crippen MR) is 77.8 cm³/mol. The summed E-state index contributed by atoms with van der Waals surface area (Å²) in [7, 11) is 0. The third-order valence-corrected chi connectivity index (χ3v) is 2.46. The minimum Gasteiger partial charge on any atom is -0.480 e. The fourth-order valence-electron chi connectivity index (χ4n) is 1.57. The molecule has 0 aliphatic heterocycles. The maximum atomic E-state index is 11.5. The Kier molecular flexibility index (Phi) is 8.22. The third-order valence-electron chi connectivity index (χ3n) is 2.46. The molecule has 1 amide bonds. The van der Waals surface area contributed by atoms with Gasteiger partial charge in [0.15, 0.2) is 0 Å². The molecule has 0 aliphatic carbocycles. The number of hydrogen-bond donors (Lipinski definition) is 3. The number of rotatable bonds is 8. The molecule has 0 rings (SSSR count). The molecule has 0 spiro atoms. The van der Waals surface area contributed by atoms with Crippen molar-refractivity contribution >= 4 is 12.1 Å². The van der Waals surface area contributed by atoms with Crippen LogP contribution in [0.2, 0.25) is 0 Å². The van der Waals surface area contributed by atoms with Crippen LogP contribution < -0.4 is 10.6 Å². The van der Waals surface area contributed by atoms with Crippen LogP contribution in [0.4, 0.5) is 4.79 Å². The monoisotopic (exact) mass is 288 g/mol. The van der Waals surface area contributed by atoms with Gasteiger partial charge in [0.1, 0.15) is 11.6 Å². The van der Waals surface area contributed by atoms with Crippen LogP contribution in [0.1, 0.15) is 53.9 Å². The van der Waals surface area contributed by atoms with Crippen molar-refractivity contribution in [2.24, 2.45) is 0 Å². The second-order valence-corrected chi connectivity index (χ2v) is 6.14. The van der Waals surface area contributed by atoms with Crippen molar-refractivity contribution in [1.82, 2.24) is 10.6 Å². The normalized spacial score (nSPS) is 13.1. The minimum absolute atomic E-state index is 0.397. The molecular weight excluding hydrogens is 260 g/mol. The number of carboxylic acids is 1. The Balaban J connectivity index is 4.05. The summed E-state index contributed by atoms with van der Waals surface area (Å²) in [5.41, 5.74) is -0.631. The Morgan fingerprint density at radius 2 is 1.80 bits per heavy atom. The highest BCUT2D eigenvalue weighted by Gasteiger charge is 2.23. The van der Waals surface area contributed by atoms with Crippen LogP contribution in [0.5, 0.6) is 0 Å². The van der Waals surface area contributed by atoms with E-state index in [-0.39, 0.29) is 0 Å². The number of aliphatic carboxylic acids is 1. The summed E-state index contributed by atoms with van der Waals surface area (Å²) < 4.78 is 5.05. The first-order valence-electron chi connectivity index (χ1n) is 7.07. The fourth-order valence-corrected chi connectivity index (χ4v) is 1.57. The number of ether oxygens (including phenoxy) is 1. The number of unbranched alkanes of at least 4 members (excludes halogenated alkanes) is 1. The average molecular weight is 288 g/mol. The number of carbonyl (C=O) groups is 2. The van der Waals surface area contributed by atoms with E-state index in [4.69, 9.17) is 9.84 Å². The largest absolute Gasteiger partial charge is 0.480 e. The molecule has 1 unspecified atom stereocenters. The summed E-state index contributed by atoms with van der Waals surface area (Å²) in [6, 6.07) is -0.478. The molecule has 0 aliphatic rings. The number of hydrogen-bond acceptors (Lipinski definition) is 4. The Morgan fingerprint density at radius 3 is 2.25 bits per heavy atom. The first-order chi connectivity index (χ1) is 9.11. The number of alkyl carbamates (subject to hydrolysis) is 1. The van der Waals surface area contributed by atoms with E-state index in [1.807, 2.05) is 0 Å². The lowest BCUT2D eigenvalue weighted by Crippen LogP contribution is -2.43. The van der Waals surface area contributed by atoms with Crippen molar-refractivity contribution < 1.29 is 19.4 Å². The molecule has 6 heteroatoms. The van der Waals surface area contributed by atoms with E-state index in [0.717, 1.165) is 19.4 Å². The predicted octanol–water partition coefficient (Wildman–Crippen LogP) is 2.13. The zero-order valence-corrected chi connectivity index (χ0v) is 13.2. The number of nitrogens with one attached hydrogen (secondary N) is 2. The van der Waals surface area contributed by atoms with Crippen molar-refractivity contribution in [3.63, 3.8) is 0 Å². The van der Waals surface area contributed by atoms with Crippen LogP contribution in [-0.2, 0) is 9.53 Å². The lowest BCUT2D eigenvalue weighted by atomic mass is 10.1. The molecular formula is C14H28N2O4. The molecule has 0 fully saturated rings. The van der Waals surface area contributed by atoms with Gasteiger partial charge in [-0.05, 0) is 46.6 Å². The van der Waals surface area contributed by atoms with Gasteiger partial charge in [0.2, 0.25) is 0 Å². The van der Waals surface area contributed by atoms with Crippen molar-refractivity contribution in [3.8, 4) is 0 Å². The SMILES string of the molecule is CC(C)NCCCCC(NC(=O)OC(C)(C)C)C(=O)O. The van der Waals surface area contributed by atoms with Crippen molar-refractivity contribution in [1.29, 1.82) is 0 Å². The van der Waals surface area contributed by atoms with Gasteiger partial charge in [0.05, 0.1) is 0 Å². The Hall–Kier alpha value is -1.30. The van der Waals surface area contributed by atoms with Crippen LogP contribution in [0.25, 0.3) is 0 Å². The van der Waals surface area contributed by atoms with E-state index >= 15 is 0 Å². The second kappa shape index (κ2) is 8.79. The first-order valence-corrected chi connectivity index (χ1v) is 7.07. The maximum absolute atomic E-state index is 11.5. The summed E-state index contributed by atoms with van der Waals surface area (Å²) in [6.45, 7) is 10.2. The lowest BCUT2D eigenvalue weighted by Gasteiger charge is -2.22. The third kappa shape index (κ3) is 10.6. The van der Waals surface area contributed by atoms with Crippen LogP contribution in [-0.4, -0.2) is 41.4 Å². The standard InChI is InChI=1S/C14H28N2O4/c1-10(2)15-9-7-6-8-11(12(17)18)16-13(19)20-14(3,4)5/h10-11,15H,6-9H2,1-5H3,(H,16,19)(H,17,18). The second-order valence-electron chi connectivity index (χ2n) is 6.14. The molecule has 0 aromatic heterocycles. The van der Waals surface area contributed by atoms with Crippen molar-refractivity contribution in [2.45, 2.75) is 71.6 Å². The molecule has 6 nitrogen and oxygen atoms in total. The van der Waals surface area contributed by atoms with E-state index in [2.05, 4.69) is 24.5 Å². The molecule has 118 valence electrons. The van der Waals surface area contributed by atoms with Gasteiger partial charge in [-0.3, -0.25) is 0 Å². The van der Waals surface area contributed by atoms with Gasteiger partial charge in [-0.1, -0.05) is 13.8 Å². The molecule has 0 saturated carbocycles. The summed E-state index contributed by atoms with van der Waals surface area (Å²) in [5, 5.41) is 14.7. The first kappa shape index (κ1) is 18.7. The molecule has 0 bridgehead atoms. The molecule has 1 atom stereocenters. The van der Waals surface area contributed by atoms with Crippen LogP contribution >= 0.6 is 0 Å². The Morgan fingerprint density at radius 1 is 1.20 bits per heavy atom. The van der Waals surface area contributed by atoms with Gasteiger partial charge in [0, 0.05) is 6.04 Å². The minimum atomic E-state index is -1.03. The van der Waals surface area contributed by atoms with Crippen molar-refractivity contribution in [3.05, 3.63) is 0 Å². The van der Waals surface area contributed by atoms with Gasteiger partial charge in [-0.15, -0.1) is 0 Å². The zero-order chi connectivity index (χ0) is 15.8. The van der Waals surface area contributed by atoms with E-state index in [1.54, 1.807) is 20.8 Å². The van der Waals surface area contributed by atoms with Crippen LogP contribution in [0, 0.1) is 0 Å². The van der Waals surface area contributed by atoms with E-state index in [9.17, 15) is 9.59 Å². The number of carbonyl (C=O) groups excluding carboxylic acids is 1. The van der Waals surface area contributed by atoms with E-state index in [0.29, 0.717) is 12.5 Å². The van der Waals surface area contributed by atoms with Crippen LogP contribution in [0.15, 0.2) is 0 Å². The highest BCUT2D eigenvalue weighted by Crippen LogP contribution is 2.08.